The molecule has 144 valence electrons. The van der Waals surface area contributed by atoms with Crippen molar-refractivity contribution in [2.45, 2.75) is 13.0 Å². The van der Waals surface area contributed by atoms with Gasteiger partial charge in [0.2, 0.25) is 0 Å². The zero-order valence-electron chi connectivity index (χ0n) is 15.6. The molecule has 0 aliphatic carbocycles. The number of aromatic amines is 1. The second-order valence-electron chi connectivity index (χ2n) is 6.66. The number of rotatable bonds is 4. The number of carbonyl (C=O) groups excluding carboxylic acids is 2. The minimum Gasteiger partial charge on any atom is -0.448 e. The van der Waals surface area contributed by atoms with Crippen LogP contribution in [0, 0.1) is 0 Å². The van der Waals surface area contributed by atoms with Gasteiger partial charge in [0.25, 0.3) is 5.91 Å². The highest BCUT2D eigenvalue weighted by molar-refractivity contribution is 6.04. The van der Waals surface area contributed by atoms with Crippen molar-refractivity contribution in [2.75, 3.05) is 5.32 Å². The van der Waals surface area contributed by atoms with Crippen LogP contribution in [0.3, 0.4) is 0 Å². The Balaban J connectivity index is 1.51. The van der Waals surface area contributed by atoms with Crippen molar-refractivity contribution in [2.24, 2.45) is 0 Å². The highest BCUT2D eigenvalue weighted by Crippen LogP contribution is 2.23. The predicted octanol–water partition coefficient (Wildman–Crippen LogP) is 3.87. The molecule has 1 heterocycles. The van der Waals surface area contributed by atoms with Gasteiger partial charge in [-0.05, 0) is 30.5 Å². The maximum Gasteiger partial charge on any atom is 0.355 e. The highest BCUT2D eigenvalue weighted by Gasteiger charge is 2.20. The molecule has 0 aliphatic rings. The van der Waals surface area contributed by atoms with Crippen molar-refractivity contribution in [1.29, 1.82) is 0 Å². The standard InChI is InChI=1S/C23H18N2O4/c1-14(22(27)25-18-12-6-8-15-7-2-3-9-16(15)18)29-23(28)20-13-21(26)17-10-4-5-11-19(17)24-20/h2-14H,1H3,(H,24,26)(H,25,27)/t14-/m0/s1. The molecule has 1 aromatic heterocycles. The lowest BCUT2D eigenvalue weighted by Crippen LogP contribution is -2.30. The van der Waals surface area contributed by atoms with E-state index in [1.807, 2.05) is 36.4 Å². The Labute approximate surface area is 166 Å². The lowest BCUT2D eigenvalue weighted by atomic mass is 10.1. The van der Waals surface area contributed by atoms with Gasteiger partial charge in [-0.25, -0.2) is 4.79 Å². The quantitative estimate of drug-likeness (QED) is 0.521. The Morgan fingerprint density at radius 2 is 1.62 bits per heavy atom. The summed E-state index contributed by atoms with van der Waals surface area (Å²) in [5.74, 6) is -1.23. The Morgan fingerprint density at radius 3 is 2.45 bits per heavy atom. The minimum atomic E-state index is -1.04. The first-order valence-electron chi connectivity index (χ1n) is 9.14. The van der Waals surface area contributed by atoms with Gasteiger partial charge in [-0.3, -0.25) is 9.59 Å². The number of carbonyl (C=O) groups is 2. The van der Waals surface area contributed by atoms with Crippen LogP contribution >= 0.6 is 0 Å². The van der Waals surface area contributed by atoms with Crippen molar-refractivity contribution >= 4 is 39.2 Å². The van der Waals surface area contributed by atoms with Gasteiger partial charge < -0.3 is 15.0 Å². The van der Waals surface area contributed by atoms with Gasteiger partial charge in [-0.1, -0.05) is 48.5 Å². The SMILES string of the molecule is C[C@H](OC(=O)c1cc(=O)c2ccccc2[nH]1)C(=O)Nc1cccc2ccccc12. The van der Waals surface area contributed by atoms with Crippen molar-refractivity contribution in [3.05, 3.63) is 88.7 Å². The van der Waals surface area contributed by atoms with Crippen molar-refractivity contribution in [3.8, 4) is 0 Å². The number of pyridine rings is 1. The fourth-order valence-electron chi connectivity index (χ4n) is 3.15. The van der Waals surface area contributed by atoms with E-state index in [0.717, 1.165) is 10.8 Å². The summed E-state index contributed by atoms with van der Waals surface area (Å²) in [6.45, 7) is 1.48. The summed E-state index contributed by atoms with van der Waals surface area (Å²) < 4.78 is 5.27. The normalized spacial score (nSPS) is 11.9. The van der Waals surface area contributed by atoms with Crippen LogP contribution in [-0.2, 0) is 9.53 Å². The Hall–Kier alpha value is -3.93. The van der Waals surface area contributed by atoms with E-state index in [1.54, 1.807) is 30.3 Å². The first kappa shape index (κ1) is 18.4. The smallest absolute Gasteiger partial charge is 0.355 e. The molecule has 0 radical (unpaired) electrons. The topological polar surface area (TPSA) is 88.3 Å². The van der Waals surface area contributed by atoms with Gasteiger partial charge in [0.05, 0.1) is 0 Å². The average molecular weight is 386 g/mol. The van der Waals surface area contributed by atoms with Gasteiger partial charge >= 0.3 is 5.97 Å². The van der Waals surface area contributed by atoms with Crippen LogP contribution in [0.25, 0.3) is 21.7 Å². The minimum absolute atomic E-state index is 0.00138. The first-order valence-corrected chi connectivity index (χ1v) is 9.14. The van der Waals surface area contributed by atoms with Gasteiger partial charge in [0.15, 0.2) is 11.5 Å². The number of para-hydroxylation sites is 1. The number of esters is 1. The summed E-state index contributed by atoms with van der Waals surface area (Å²) in [6.07, 6.45) is -1.04. The lowest BCUT2D eigenvalue weighted by molar-refractivity contribution is -0.123. The van der Waals surface area contributed by atoms with Crippen LogP contribution in [0.5, 0.6) is 0 Å². The van der Waals surface area contributed by atoms with E-state index in [-0.39, 0.29) is 11.1 Å². The molecule has 4 aromatic rings. The van der Waals surface area contributed by atoms with Crippen molar-refractivity contribution in [1.82, 2.24) is 4.98 Å². The number of amides is 1. The third-order valence-corrected chi connectivity index (χ3v) is 4.66. The van der Waals surface area contributed by atoms with Crippen molar-refractivity contribution < 1.29 is 14.3 Å². The molecule has 2 N–H and O–H groups in total. The molecular formula is C23H18N2O4. The van der Waals surface area contributed by atoms with Crippen LogP contribution in [0.4, 0.5) is 5.69 Å². The Kier molecular flexibility index (Phi) is 4.83. The van der Waals surface area contributed by atoms with Crippen LogP contribution < -0.4 is 10.7 Å². The maximum atomic E-state index is 12.5. The molecule has 4 rings (SSSR count). The van der Waals surface area contributed by atoms with Crippen LogP contribution in [0.2, 0.25) is 0 Å². The Morgan fingerprint density at radius 1 is 0.931 bits per heavy atom. The number of nitrogens with one attached hydrogen (secondary N) is 2. The molecule has 1 amide bonds. The fourth-order valence-corrected chi connectivity index (χ4v) is 3.15. The lowest BCUT2D eigenvalue weighted by Gasteiger charge is -2.15. The number of fused-ring (bicyclic) bond motifs is 2. The summed E-state index contributed by atoms with van der Waals surface area (Å²) in [7, 11) is 0. The molecule has 0 saturated heterocycles. The average Bonchev–Trinajstić information content (AvgIpc) is 2.74. The summed E-state index contributed by atoms with van der Waals surface area (Å²) in [4.78, 5) is 40.1. The zero-order chi connectivity index (χ0) is 20.4. The third kappa shape index (κ3) is 3.73. The Bertz CT molecular complexity index is 1290. The van der Waals surface area contributed by atoms with Gasteiger partial charge in [-0.2, -0.15) is 0 Å². The van der Waals surface area contributed by atoms with E-state index < -0.39 is 18.0 Å². The molecule has 3 aromatic carbocycles. The molecule has 0 aliphatic heterocycles. The number of hydrogen-bond donors (Lipinski definition) is 2. The van der Waals surface area contributed by atoms with E-state index in [9.17, 15) is 14.4 Å². The maximum absolute atomic E-state index is 12.5. The number of anilines is 1. The first-order chi connectivity index (χ1) is 14.0. The molecule has 0 spiro atoms. The van der Waals surface area contributed by atoms with Crippen LogP contribution in [0.1, 0.15) is 17.4 Å². The molecule has 6 nitrogen and oxygen atoms in total. The molecule has 0 saturated carbocycles. The van der Waals surface area contributed by atoms with E-state index in [2.05, 4.69) is 10.3 Å². The molecule has 1 atom stereocenters. The highest BCUT2D eigenvalue weighted by atomic mass is 16.5. The molecule has 0 fully saturated rings. The molecule has 0 bridgehead atoms. The molecule has 0 unspecified atom stereocenters. The van der Waals surface area contributed by atoms with E-state index >= 15 is 0 Å². The molecule has 6 heteroatoms. The summed E-state index contributed by atoms with van der Waals surface area (Å²) in [6, 6.07) is 21.3. The number of H-pyrrole nitrogens is 1. The number of hydrogen-bond acceptors (Lipinski definition) is 4. The van der Waals surface area contributed by atoms with E-state index in [0.29, 0.717) is 16.6 Å². The van der Waals surface area contributed by atoms with E-state index in [1.165, 1.54) is 13.0 Å². The summed E-state index contributed by atoms with van der Waals surface area (Å²) in [5, 5.41) is 5.15. The number of ether oxygens (including phenoxy) is 1. The largest absolute Gasteiger partial charge is 0.448 e. The fraction of sp³-hybridized carbons (Fsp3) is 0.0870. The van der Waals surface area contributed by atoms with E-state index in [4.69, 9.17) is 4.74 Å². The monoisotopic (exact) mass is 386 g/mol. The van der Waals surface area contributed by atoms with Gasteiger partial charge in [-0.15, -0.1) is 0 Å². The summed E-state index contributed by atoms with van der Waals surface area (Å²) in [5.41, 5.74) is 0.868. The van der Waals surface area contributed by atoms with Gasteiger partial charge in [0, 0.05) is 28.0 Å². The number of benzene rings is 3. The zero-order valence-corrected chi connectivity index (χ0v) is 15.6. The molecular weight excluding hydrogens is 368 g/mol. The van der Waals surface area contributed by atoms with Gasteiger partial charge in [0.1, 0.15) is 5.69 Å². The predicted molar refractivity (Wildman–Crippen MR) is 112 cm³/mol. The second kappa shape index (κ2) is 7.59. The number of aromatic nitrogens is 1. The van der Waals surface area contributed by atoms with Crippen LogP contribution in [0.15, 0.2) is 77.6 Å². The second-order valence-corrected chi connectivity index (χ2v) is 6.66. The van der Waals surface area contributed by atoms with Crippen molar-refractivity contribution in [3.63, 3.8) is 0 Å². The van der Waals surface area contributed by atoms with Crippen LogP contribution in [-0.4, -0.2) is 23.0 Å². The molecule has 29 heavy (non-hydrogen) atoms. The summed E-state index contributed by atoms with van der Waals surface area (Å²) >= 11 is 0. The third-order valence-electron chi connectivity index (χ3n) is 4.66.